The molecular weight excluding hydrogens is 314 g/mol. The summed E-state index contributed by atoms with van der Waals surface area (Å²) in [6.45, 7) is 3.75. The zero-order chi connectivity index (χ0) is 14.4. The molecule has 1 rings (SSSR count). The van der Waals surface area contributed by atoms with Gasteiger partial charge in [0.15, 0.2) is 6.04 Å². The van der Waals surface area contributed by atoms with Gasteiger partial charge in [0.2, 0.25) is 5.91 Å². The number of amides is 1. The summed E-state index contributed by atoms with van der Waals surface area (Å²) >= 11 is 3.27. The van der Waals surface area contributed by atoms with Gasteiger partial charge < -0.3 is 15.2 Å². The molecule has 0 saturated heterocycles. The van der Waals surface area contributed by atoms with Crippen molar-refractivity contribution in [3.05, 3.63) is 34.3 Å². The Morgan fingerprint density at radius 3 is 2.42 bits per heavy atom. The van der Waals surface area contributed by atoms with Gasteiger partial charge in [-0.1, -0.05) is 28.1 Å². The van der Waals surface area contributed by atoms with Crippen LogP contribution in [0.1, 0.15) is 25.5 Å². The molecule has 2 N–H and O–H groups in total. The minimum absolute atomic E-state index is 0.393. The lowest BCUT2D eigenvalue weighted by Gasteiger charge is -2.18. The first-order chi connectivity index (χ1) is 8.95. The van der Waals surface area contributed by atoms with E-state index in [0.717, 1.165) is 4.47 Å². The number of carbonyl (C=O) groups excluding carboxylic acids is 1. The summed E-state index contributed by atoms with van der Waals surface area (Å²) in [6, 6.07) is 5.67. The largest absolute Gasteiger partial charge is 0.479 e. The molecule has 0 aromatic heterocycles. The second-order valence-corrected chi connectivity index (χ2v) is 4.84. The summed E-state index contributed by atoms with van der Waals surface area (Å²) in [5.74, 6) is -1.56. The molecule has 0 spiro atoms. The molecular formula is C13H16BrNO4. The van der Waals surface area contributed by atoms with Crippen LogP contribution in [0.25, 0.3) is 0 Å². The number of hydrogen-bond donors (Lipinski definition) is 2. The first-order valence-electron chi connectivity index (χ1n) is 5.86. The van der Waals surface area contributed by atoms with Crippen LogP contribution >= 0.6 is 15.9 Å². The van der Waals surface area contributed by atoms with E-state index in [2.05, 4.69) is 21.2 Å². The lowest BCUT2D eigenvalue weighted by atomic mass is 10.1. The lowest BCUT2D eigenvalue weighted by Crippen LogP contribution is -2.40. The van der Waals surface area contributed by atoms with E-state index in [9.17, 15) is 14.7 Å². The van der Waals surface area contributed by atoms with Crippen LogP contribution in [0.5, 0.6) is 0 Å². The van der Waals surface area contributed by atoms with Gasteiger partial charge in [0.1, 0.15) is 6.10 Å². The van der Waals surface area contributed by atoms with E-state index in [0.29, 0.717) is 12.2 Å². The van der Waals surface area contributed by atoms with E-state index in [1.165, 1.54) is 0 Å². The Hall–Kier alpha value is -1.40. The normalized spacial score (nSPS) is 13.6. The van der Waals surface area contributed by atoms with Gasteiger partial charge in [-0.15, -0.1) is 0 Å². The van der Waals surface area contributed by atoms with Crippen molar-refractivity contribution < 1.29 is 19.4 Å². The minimum atomic E-state index is -1.11. The van der Waals surface area contributed by atoms with Crippen molar-refractivity contribution in [1.82, 2.24) is 5.32 Å². The van der Waals surface area contributed by atoms with Crippen LogP contribution in [-0.4, -0.2) is 29.7 Å². The molecule has 0 aliphatic rings. The summed E-state index contributed by atoms with van der Waals surface area (Å²) in [5.41, 5.74) is 0.507. The lowest BCUT2D eigenvalue weighted by molar-refractivity contribution is -0.144. The van der Waals surface area contributed by atoms with Crippen molar-refractivity contribution in [1.29, 1.82) is 0 Å². The van der Waals surface area contributed by atoms with E-state index >= 15 is 0 Å². The Kier molecular flexibility index (Phi) is 5.98. The van der Waals surface area contributed by atoms with Gasteiger partial charge >= 0.3 is 5.97 Å². The van der Waals surface area contributed by atoms with Crippen LogP contribution in [0, 0.1) is 0 Å². The molecule has 0 fully saturated rings. The third-order valence-electron chi connectivity index (χ3n) is 2.52. The number of aliphatic carboxylic acids is 1. The summed E-state index contributed by atoms with van der Waals surface area (Å²) in [6.07, 6.45) is -0.678. The highest BCUT2D eigenvalue weighted by molar-refractivity contribution is 9.10. The van der Waals surface area contributed by atoms with E-state index in [4.69, 9.17) is 4.74 Å². The first-order valence-corrected chi connectivity index (χ1v) is 6.65. The highest BCUT2D eigenvalue weighted by Crippen LogP contribution is 2.17. The van der Waals surface area contributed by atoms with Crippen LogP contribution in [-0.2, 0) is 14.3 Å². The maximum Gasteiger partial charge on any atom is 0.330 e. The Balaban J connectivity index is 2.82. The number of ether oxygens (including phenoxy) is 1. The number of nitrogens with one attached hydrogen (secondary N) is 1. The molecule has 2 atom stereocenters. The molecule has 6 heteroatoms. The summed E-state index contributed by atoms with van der Waals surface area (Å²) < 4.78 is 5.97. The smallest absolute Gasteiger partial charge is 0.330 e. The monoisotopic (exact) mass is 329 g/mol. The van der Waals surface area contributed by atoms with Crippen LogP contribution in [0.15, 0.2) is 28.7 Å². The Morgan fingerprint density at radius 2 is 1.95 bits per heavy atom. The second kappa shape index (κ2) is 7.25. The average molecular weight is 330 g/mol. The fourth-order valence-electron chi connectivity index (χ4n) is 1.53. The molecule has 104 valence electrons. The van der Waals surface area contributed by atoms with Crippen molar-refractivity contribution >= 4 is 27.8 Å². The maximum absolute atomic E-state index is 11.8. The van der Waals surface area contributed by atoms with Crippen LogP contribution in [0.3, 0.4) is 0 Å². The molecule has 0 radical (unpaired) electrons. The van der Waals surface area contributed by atoms with Crippen molar-refractivity contribution in [2.24, 2.45) is 0 Å². The molecule has 19 heavy (non-hydrogen) atoms. The molecule has 0 heterocycles. The number of carboxylic acid groups (broad SMARTS) is 1. The standard InChI is InChI=1S/C13H16BrNO4/c1-3-19-8(2)12(16)15-11(13(17)18)9-4-6-10(14)7-5-9/h4-8,11H,3H2,1-2H3,(H,15,16)(H,17,18). The summed E-state index contributed by atoms with van der Waals surface area (Å²) in [5, 5.41) is 11.6. The topological polar surface area (TPSA) is 75.6 Å². The molecule has 2 unspecified atom stereocenters. The molecule has 1 amide bonds. The zero-order valence-corrected chi connectivity index (χ0v) is 12.3. The van der Waals surface area contributed by atoms with E-state index in [-0.39, 0.29) is 0 Å². The molecule has 5 nitrogen and oxygen atoms in total. The van der Waals surface area contributed by atoms with E-state index in [1.807, 2.05) is 0 Å². The fourth-order valence-corrected chi connectivity index (χ4v) is 1.79. The molecule has 0 saturated carbocycles. The molecule has 0 aliphatic carbocycles. The molecule has 1 aromatic rings. The number of carbonyl (C=O) groups is 2. The Bertz CT molecular complexity index is 446. The highest BCUT2D eigenvalue weighted by atomic mass is 79.9. The third kappa shape index (κ3) is 4.65. The Morgan fingerprint density at radius 1 is 1.37 bits per heavy atom. The van der Waals surface area contributed by atoms with Gasteiger partial charge in [-0.25, -0.2) is 4.79 Å². The van der Waals surface area contributed by atoms with Crippen molar-refractivity contribution in [3.8, 4) is 0 Å². The molecule has 0 bridgehead atoms. The molecule has 1 aromatic carbocycles. The van der Waals surface area contributed by atoms with Crippen molar-refractivity contribution in [2.45, 2.75) is 26.0 Å². The number of benzene rings is 1. The van der Waals surface area contributed by atoms with Gasteiger partial charge in [0, 0.05) is 11.1 Å². The van der Waals surface area contributed by atoms with Crippen LogP contribution in [0.2, 0.25) is 0 Å². The predicted molar refractivity (Wildman–Crippen MR) is 73.7 cm³/mol. The third-order valence-corrected chi connectivity index (χ3v) is 3.05. The quantitative estimate of drug-likeness (QED) is 0.838. The highest BCUT2D eigenvalue weighted by Gasteiger charge is 2.24. The average Bonchev–Trinajstić information content (AvgIpc) is 2.37. The molecule has 0 aliphatic heterocycles. The number of halogens is 1. The van der Waals surface area contributed by atoms with Gasteiger partial charge in [-0.05, 0) is 31.5 Å². The number of rotatable bonds is 6. The van der Waals surface area contributed by atoms with Gasteiger partial charge in [-0.3, -0.25) is 4.79 Å². The Labute approximate surface area is 120 Å². The maximum atomic E-state index is 11.8. The zero-order valence-electron chi connectivity index (χ0n) is 10.7. The fraction of sp³-hybridized carbons (Fsp3) is 0.385. The van der Waals surface area contributed by atoms with Gasteiger partial charge in [0.25, 0.3) is 0 Å². The van der Waals surface area contributed by atoms with Gasteiger partial charge in [-0.2, -0.15) is 0 Å². The second-order valence-electron chi connectivity index (χ2n) is 3.93. The first kappa shape index (κ1) is 15.7. The summed E-state index contributed by atoms with van der Waals surface area (Å²) in [7, 11) is 0. The number of hydrogen-bond acceptors (Lipinski definition) is 3. The summed E-state index contributed by atoms with van der Waals surface area (Å²) in [4.78, 5) is 23.0. The SMILES string of the molecule is CCOC(C)C(=O)NC(C(=O)O)c1ccc(Br)cc1. The predicted octanol–water partition coefficient (Wildman–Crippen LogP) is 2.12. The number of carboxylic acids is 1. The van der Waals surface area contributed by atoms with Gasteiger partial charge in [0.05, 0.1) is 0 Å². The van der Waals surface area contributed by atoms with E-state index in [1.54, 1.807) is 38.1 Å². The van der Waals surface area contributed by atoms with Crippen LogP contribution < -0.4 is 5.32 Å². The van der Waals surface area contributed by atoms with E-state index < -0.39 is 24.0 Å². The van der Waals surface area contributed by atoms with Crippen molar-refractivity contribution in [3.63, 3.8) is 0 Å². The van der Waals surface area contributed by atoms with Crippen molar-refractivity contribution in [2.75, 3.05) is 6.61 Å². The minimum Gasteiger partial charge on any atom is -0.479 e. The van der Waals surface area contributed by atoms with Crippen LogP contribution in [0.4, 0.5) is 0 Å².